The number of hydrogen-bond donors (Lipinski definition) is 2. The maximum absolute atomic E-state index is 11.7. The van der Waals surface area contributed by atoms with Crippen LogP contribution in [-0.4, -0.2) is 23.5 Å². The van der Waals surface area contributed by atoms with Gasteiger partial charge in [0.25, 0.3) is 0 Å². The number of rotatable bonds is 5. The van der Waals surface area contributed by atoms with Crippen LogP contribution < -0.4 is 5.32 Å². The number of carboxylic acid groups (broad SMARTS) is 1. The topological polar surface area (TPSA) is 66.4 Å². The average Bonchev–Trinajstić information content (AvgIpc) is 2.94. The maximum Gasteiger partial charge on any atom is 0.311 e. The highest BCUT2D eigenvalue weighted by Gasteiger charge is 2.50. The molecule has 1 fully saturated rings. The largest absolute Gasteiger partial charge is 0.481 e. The van der Waals surface area contributed by atoms with Crippen molar-refractivity contribution < 1.29 is 14.7 Å². The molecule has 0 heterocycles. The van der Waals surface area contributed by atoms with E-state index >= 15 is 0 Å². The molecule has 4 heteroatoms. The van der Waals surface area contributed by atoms with Gasteiger partial charge in [-0.2, -0.15) is 0 Å². The molecule has 1 aliphatic carbocycles. The number of carboxylic acids is 1. The Bertz CT molecular complexity index is 313. The molecule has 1 unspecified atom stereocenters. The summed E-state index contributed by atoms with van der Waals surface area (Å²) >= 11 is 0. The SMILES string of the molecule is CC(CC(=O)NCC1(C(=O)O)CC1)C(C)(C)C. The lowest BCUT2D eigenvalue weighted by Crippen LogP contribution is -2.36. The van der Waals surface area contributed by atoms with E-state index in [-0.39, 0.29) is 23.8 Å². The molecule has 4 nitrogen and oxygen atoms in total. The molecule has 1 rings (SSSR count). The number of carbonyl (C=O) groups is 2. The first-order chi connectivity index (χ1) is 7.67. The van der Waals surface area contributed by atoms with Crippen molar-refractivity contribution >= 4 is 11.9 Å². The zero-order valence-electron chi connectivity index (χ0n) is 11.2. The van der Waals surface area contributed by atoms with Crippen molar-refractivity contribution in [1.82, 2.24) is 5.32 Å². The van der Waals surface area contributed by atoms with Gasteiger partial charge in [-0.05, 0) is 24.2 Å². The number of amides is 1. The van der Waals surface area contributed by atoms with Gasteiger partial charge in [0.2, 0.25) is 5.91 Å². The van der Waals surface area contributed by atoms with E-state index in [1.165, 1.54) is 0 Å². The monoisotopic (exact) mass is 241 g/mol. The average molecular weight is 241 g/mol. The summed E-state index contributed by atoms with van der Waals surface area (Å²) in [5.41, 5.74) is -0.567. The second kappa shape index (κ2) is 4.67. The number of nitrogens with one attached hydrogen (secondary N) is 1. The third-order valence-electron chi connectivity index (χ3n) is 3.90. The Morgan fingerprint density at radius 1 is 1.35 bits per heavy atom. The van der Waals surface area contributed by atoms with Crippen LogP contribution in [0.15, 0.2) is 0 Å². The number of aliphatic carboxylic acids is 1. The molecule has 0 saturated heterocycles. The molecule has 17 heavy (non-hydrogen) atoms. The van der Waals surface area contributed by atoms with Crippen LogP contribution in [0.4, 0.5) is 0 Å². The quantitative estimate of drug-likeness (QED) is 0.774. The Labute approximate surface area is 103 Å². The summed E-state index contributed by atoms with van der Waals surface area (Å²) in [5, 5.41) is 11.7. The summed E-state index contributed by atoms with van der Waals surface area (Å²) in [6.07, 6.45) is 1.81. The van der Waals surface area contributed by atoms with Crippen molar-refractivity contribution in [2.45, 2.75) is 47.0 Å². The number of hydrogen-bond acceptors (Lipinski definition) is 2. The van der Waals surface area contributed by atoms with E-state index in [0.29, 0.717) is 19.3 Å². The summed E-state index contributed by atoms with van der Waals surface area (Å²) in [5.74, 6) is -0.552. The fourth-order valence-corrected chi connectivity index (χ4v) is 1.54. The Morgan fingerprint density at radius 3 is 2.24 bits per heavy atom. The minimum atomic E-state index is -0.790. The zero-order valence-corrected chi connectivity index (χ0v) is 11.2. The van der Waals surface area contributed by atoms with Crippen LogP contribution in [0.3, 0.4) is 0 Å². The zero-order chi connectivity index (χ0) is 13.3. The minimum absolute atomic E-state index is 0.0417. The van der Waals surface area contributed by atoms with Gasteiger partial charge >= 0.3 is 5.97 Å². The predicted molar refractivity (Wildman–Crippen MR) is 65.5 cm³/mol. The van der Waals surface area contributed by atoms with E-state index in [4.69, 9.17) is 5.11 Å². The van der Waals surface area contributed by atoms with Gasteiger partial charge in [0.15, 0.2) is 0 Å². The van der Waals surface area contributed by atoms with Gasteiger partial charge in [0.1, 0.15) is 0 Å². The highest BCUT2D eigenvalue weighted by atomic mass is 16.4. The van der Waals surface area contributed by atoms with E-state index in [0.717, 1.165) is 0 Å². The van der Waals surface area contributed by atoms with Crippen molar-refractivity contribution in [2.75, 3.05) is 6.54 Å². The van der Waals surface area contributed by atoms with Crippen LogP contribution in [-0.2, 0) is 9.59 Å². The summed E-state index contributed by atoms with van der Waals surface area (Å²) < 4.78 is 0. The van der Waals surface area contributed by atoms with Crippen LogP contribution >= 0.6 is 0 Å². The van der Waals surface area contributed by atoms with Crippen LogP contribution in [0.2, 0.25) is 0 Å². The molecule has 0 aromatic heterocycles. The summed E-state index contributed by atoms with van der Waals surface area (Å²) in [7, 11) is 0. The molecule has 98 valence electrons. The van der Waals surface area contributed by atoms with Gasteiger partial charge in [0, 0.05) is 13.0 Å². The van der Waals surface area contributed by atoms with Crippen molar-refractivity contribution in [1.29, 1.82) is 0 Å². The first-order valence-electron chi connectivity index (χ1n) is 6.17. The highest BCUT2D eigenvalue weighted by molar-refractivity contribution is 5.81. The lowest BCUT2D eigenvalue weighted by molar-refractivity contribution is -0.143. The van der Waals surface area contributed by atoms with E-state index in [1.54, 1.807) is 0 Å². The summed E-state index contributed by atoms with van der Waals surface area (Å²) in [6.45, 7) is 8.63. The van der Waals surface area contributed by atoms with Gasteiger partial charge in [0.05, 0.1) is 5.41 Å². The van der Waals surface area contributed by atoms with Gasteiger partial charge < -0.3 is 10.4 Å². The van der Waals surface area contributed by atoms with Crippen LogP contribution in [0.1, 0.15) is 47.0 Å². The van der Waals surface area contributed by atoms with Crippen LogP contribution in [0.25, 0.3) is 0 Å². The van der Waals surface area contributed by atoms with Crippen LogP contribution in [0, 0.1) is 16.7 Å². The first kappa shape index (κ1) is 14.0. The molecular weight excluding hydrogens is 218 g/mol. The van der Waals surface area contributed by atoms with Crippen molar-refractivity contribution in [3.8, 4) is 0 Å². The standard InChI is InChI=1S/C13H23NO3/c1-9(12(2,3)4)7-10(15)14-8-13(5-6-13)11(16)17/h9H,5-8H2,1-4H3,(H,14,15)(H,16,17). The number of carbonyl (C=O) groups excluding carboxylic acids is 1. The van der Waals surface area contributed by atoms with E-state index < -0.39 is 11.4 Å². The molecule has 0 aromatic carbocycles. The van der Waals surface area contributed by atoms with Crippen molar-refractivity contribution in [3.05, 3.63) is 0 Å². The third kappa shape index (κ3) is 3.72. The van der Waals surface area contributed by atoms with E-state index in [9.17, 15) is 9.59 Å². The molecule has 0 spiro atoms. The van der Waals surface area contributed by atoms with Gasteiger partial charge in [-0.15, -0.1) is 0 Å². The molecule has 2 N–H and O–H groups in total. The van der Waals surface area contributed by atoms with Crippen molar-refractivity contribution in [2.24, 2.45) is 16.7 Å². The summed E-state index contributed by atoms with van der Waals surface area (Å²) in [4.78, 5) is 22.6. The molecule has 0 radical (unpaired) electrons. The second-order valence-electron chi connectivity index (χ2n) is 6.33. The summed E-state index contributed by atoms with van der Waals surface area (Å²) in [6, 6.07) is 0. The second-order valence-corrected chi connectivity index (χ2v) is 6.33. The van der Waals surface area contributed by atoms with Gasteiger partial charge in [-0.25, -0.2) is 0 Å². The Kier molecular flexibility index (Phi) is 3.84. The molecular formula is C13H23NO3. The minimum Gasteiger partial charge on any atom is -0.481 e. The lowest BCUT2D eigenvalue weighted by Gasteiger charge is -2.26. The highest BCUT2D eigenvalue weighted by Crippen LogP contribution is 2.45. The Hall–Kier alpha value is -1.06. The normalized spacial score (nSPS) is 19.5. The molecule has 0 aromatic rings. The molecule has 1 amide bonds. The smallest absolute Gasteiger partial charge is 0.311 e. The van der Waals surface area contributed by atoms with Gasteiger partial charge in [-0.1, -0.05) is 27.7 Å². The Balaban J connectivity index is 2.34. The maximum atomic E-state index is 11.7. The van der Waals surface area contributed by atoms with E-state index in [1.807, 2.05) is 6.92 Å². The molecule has 1 saturated carbocycles. The van der Waals surface area contributed by atoms with E-state index in [2.05, 4.69) is 26.1 Å². The third-order valence-corrected chi connectivity index (χ3v) is 3.90. The molecule has 1 aliphatic rings. The fourth-order valence-electron chi connectivity index (χ4n) is 1.54. The van der Waals surface area contributed by atoms with Gasteiger partial charge in [-0.3, -0.25) is 9.59 Å². The molecule has 0 bridgehead atoms. The predicted octanol–water partition coefficient (Wildman–Crippen LogP) is 2.04. The Morgan fingerprint density at radius 2 is 1.88 bits per heavy atom. The fraction of sp³-hybridized carbons (Fsp3) is 0.846. The van der Waals surface area contributed by atoms with Crippen molar-refractivity contribution in [3.63, 3.8) is 0 Å². The molecule has 0 aliphatic heterocycles. The van der Waals surface area contributed by atoms with Crippen LogP contribution in [0.5, 0.6) is 0 Å². The molecule has 1 atom stereocenters. The lowest BCUT2D eigenvalue weighted by atomic mass is 9.80. The first-order valence-corrected chi connectivity index (χ1v) is 6.17.